The number of fused-ring (bicyclic) bond motifs is 1. The van der Waals surface area contributed by atoms with E-state index in [9.17, 15) is 9.59 Å². The third kappa shape index (κ3) is 4.31. The van der Waals surface area contributed by atoms with Crippen molar-refractivity contribution in [1.29, 1.82) is 0 Å². The summed E-state index contributed by atoms with van der Waals surface area (Å²) in [5.41, 5.74) is 2.05. The van der Waals surface area contributed by atoms with Crippen molar-refractivity contribution in [2.24, 2.45) is 24.8 Å². The van der Waals surface area contributed by atoms with Gasteiger partial charge in [0.2, 0.25) is 5.91 Å². The van der Waals surface area contributed by atoms with Gasteiger partial charge in [0.1, 0.15) is 11.3 Å². The molecule has 3 N–H and O–H groups in total. The van der Waals surface area contributed by atoms with E-state index in [4.69, 9.17) is 16.3 Å². The van der Waals surface area contributed by atoms with Gasteiger partial charge in [-0.1, -0.05) is 22.9 Å². The summed E-state index contributed by atoms with van der Waals surface area (Å²) in [7, 11) is 1.64. The minimum Gasteiger partial charge on any atom is -0.441 e. The first-order chi connectivity index (χ1) is 16.4. The van der Waals surface area contributed by atoms with Crippen LogP contribution in [0.5, 0.6) is 0 Å². The van der Waals surface area contributed by atoms with Gasteiger partial charge in [-0.2, -0.15) is 0 Å². The molecule has 1 aliphatic heterocycles. The standard InChI is InChI=1S/C22H23ClN8O3/c1-11(13-4-3-7-25-19(13)23)34-22(33)28-20-18(29-30-31(20)2)16-6-5-12(8-26-16)27-21(32)17-14-9-24-10-15(14)17/h3-8,11,14-15,17,24H,9-10H2,1-2H3,(H,27,32)(H,28,33)/t11-,14-,15+,17+/m1/s1. The Kier molecular flexibility index (Phi) is 5.88. The van der Waals surface area contributed by atoms with Crippen molar-refractivity contribution in [3.05, 3.63) is 47.4 Å². The molecule has 176 valence electrons. The van der Waals surface area contributed by atoms with Crippen LogP contribution in [-0.4, -0.2) is 50.1 Å². The lowest BCUT2D eigenvalue weighted by atomic mass is 10.2. The largest absolute Gasteiger partial charge is 0.441 e. The first-order valence-electron chi connectivity index (χ1n) is 10.9. The zero-order valence-corrected chi connectivity index (χ0v) is 19.3. The van der Waals surface area contributed by atoms with E-state index >= 15 is 0 Å². The lowest BCUT2D eigenvalue weighted by Crippen LogP contribution is -2.23. The monoisotopic (exact) mass is 482 g/mol. The van der Waals surface area contributed by atoms with E-state index in [1.807, 2.05) is 0 Å². The molecule has 5 rings (SSSR count). The number of ether oxygens (including phenoxy) is 1. The van der Waals surface area contributed by atoms with Gasteiger partial charge in [0.15, 0.2) is 11.5 Å². The predicted molar refractivity (Wildman–Crippen MR) is 124 cm³/mol. The van der Waals surface area contributed by atoms with Crippen molar-refractivity contribution in [1.82, 2.24) is 30.3 Å². The van der Waals surface area contributed by atoms with E-state index in [0.717, 1.165) is 13.1 Å². The number of carbonyl (C=O) groups excluding carboxylic acids is 2. The van der Waals surface area contributed by atoms with Crippen LogP contribution in [0, 0.1) is 17.8 Å². The number of aryl methyl sites for hydroxylation is 1. The smallest absolute Gasteiger partial charge is 0.413 e. The molecule has 3 aromatic heterocycles. The molecule has 0 radical (unpaired) electrons. The maximum absolute atomic E-state index is 12.5. The number of nitrogens with one attached hydrogen (secondary N) is 3. The van der Waals surface area contributed by atoms with Crippen molar-refractivity contribution < 1.29 is 14.3 Å². The highest BCUT2D eigenvalue weighted by atomic mass is 35.5. The minimum atomic E-state index is -0.701. The van der Waals surface area contributed by atoms with Gasteiger partial charge in [-0.05, 0) is 50.0 Å². The summed E-state index contributed by atoms with van der Waals surface area (Å²) in [6.07, 6.45) is 1.80. The molecule has 2 fully saturated rings. The quantitative estimate of drug-likeness (QED) is 0.456. The SMILES string of the molecule is C[C@@H](OC(=O)Nc1c(-c2ccc(NC(=O)[C@H]3[C@@H]4CNC[C@@H]43)cn2)nnn1C)c1cccnc1Cl. The third-order valence-corrected chi connectivity index (χ3v) is 6.54. The summed E-state index contributed by atoms with van der Waals surface area (Å²) >= 11 is 6.08. The second kappa shape index (κ2) is 8.99. The molecular weight excluding hydrogens is 460 g/mol. The first kappa shape index (κ1) is 22.2. The van der Waals surface area contributed by atoms with E-state index in [0.29, 0.717) is 40.3 Å². The van der Waals surface area contributed by atoms with Gasteiger partial charge in [-0.3, -0.25) is 15.1 Å². The Balaban J connectivity index is 1.24. The Hall–Kier alpha value is -3.57. The van der Waals surface area contributed by atoms with Crippen LogP contribution in [0.4, 0.5) is 16.3 Å². The summed E-state index contributed by atoms with van der Waals surface area (Å²) in [5, 5.41) is 17.2. The second-order valence-electron chi connectivity index (χ2n) is 8.40. The molecule has 34 heavy (non-hydrogen) atoms. The van der Waals surface area contributed by atoms with Crippen LogP contribution in [0.15, 0.2) is 36.7 Å². The lowest BCUT2D eigenvalue weighted by molar-refractivity contribution is -0.118. The van der Waals surface area contributed by atoms with Gasteiger partial charge in [-0.15, -0.1) is 5.10 Å². The number of anilines is 2. The molecular formula is C22H23ClN8O3. The minimum absolute atomic E-state index is 0.0264. The normalized spacial score (nSPS) is 21.4. The van der Waals surface area contributed by atoms with E-state index in [1.54, 1.807) is 50.6 Å². The van der Waals surface area contributed by atoms with Crippen LogP contribution in [0.2, 0.25) is 5.15 Å². The van der Waals surface area contributed by atoms with Crippen molar-refractivity contribution in [2.45, 2.75) is 13.0 Å². The highest BCUT2D eigenvalue weighted by Gasteiger charge is 2.56. The Morgan fingerprint density at radius 3 is 2.71 bits per heavy atom. The molecule has 0 bridgehead atoms. The molecule has 1 aliphatic carbocycles. The van der Waals surface area contributed by atoms with Crippen molar-refractivity contribution in [3.8, 4) is 11.4 Å². The van der Waals surface area contributed by atoms with E-state index in [2.05, 4.69) is 36.2 Å². The fourth-order valence-corrected chi connectivity index (χ4v) is 4.64. The van der Waals surface area contributed by atoms with Crippen LogP contribution < -0.4 is 16.0 Å². The van der Waals surface area contributed by atoms with Gasteiger partial charge in [0, 0.05) is 24.7 Å². The van der Waals surface area contributed by atoms with Gasteiger partial charge >= 0.3 is 6.09 Å². The third-order valence-electron chi connectivity index (χ3n) is 6.23. The Labute approximate surface area is 200 Å². The number of carbonyl (C=O) groups is 2. The molecule has 1 saturated heterocycles. The Morgan fingerprint density at radius 1 is 1.21 bits per heavy atom. The van der Waals surface area contributed by atoms with Crippen molar-refractivity contribution >= 4 is 35.1 Å². The molecule has 0 spiro atoms. The molecule has 11 nitrogen and oxygen atoms in total. The molecule has 0 unspecified atom stereocenters. The number of aromatic nitrogens is 5. The molecule has 2 amide bonds. The molecule has 1 saturated carbocycles. The molecule has 4 heterocycles. The lowest BCUT2D eigenvalue weighted by Gasteiger charge is -2.15. The van der Waals surface area contributed by atoms with E-state index in [-0.39, 0.29) is 17.0 Å². The Bertz CT molecular complexity index is 1220. The zero-order chi connectivity index (χ0) is 23.8. The van der Waals surface area contributed by atoms with Crippen molar-refractivity contribution in [3.63, 3.8) is 0 Å². The fourth-order valence-electron chi connectivity index (χ4n) is 4.36. The van der Waals surface area contributed by atoms with Gasteiger partial charge < -0.3 is 15.4 Å². The molecule has 2 aliphatic rings. The zero-order valence-electron chi connectivity index (χ0n) is 18.5. The highest BCUT2D eigenvalue weighted by molar-refractivity contribution is 6.30. The molecule has 12 heteroatoms. The number of nitrogens with zero attached hydrogens (tertiary/aromatic N) is 5. The molecule has 4 atom stereocenters. The van der Waals surface area contributed by atoms with Crippen LogP contribution in [-0.2, 0) is 16.6 Å². The summed E-state index contributed by atoms with van der Waals surface area (Å²) in [5.74, 6) is 1.30. The number of hydrogen-bond acceptors (Lipinski definition) is 8. The van der Waals surface area contributed by atoms with Crippen LogP contribution in [0.25, 0.3) is 11.4 Å². The number of amides is 2. The van der Waals surface area contributed by atoms with Gasteiger partial charge in [0.05, 0.1) is 17.6 Å². The maximum atomic E-state index is 12.5. The van der Waals surface area contributed by atoms with Crippen LogP contribution in [0.1, 0.15) is 18.6 Å². The second-order valence-corrected chi connectivity index (χ2v) is 8.76. The summed E-state index contributed by atoms with van der Waals surface area (Å²) in [6, 6.07) is 6.91. The van der Waals surface area contributed by atoms with Crippen molar-refractivity contribution in [2.75, 3.05) is 23.7 Å². The number of pyridine rings is 2. The average molecular weight is 483 g/mol. The van der Waals surface area contributed by atoms with E-state index < -0.39 is 12.2 Å². The molecule has 3 aromatic rings. The molecule has 0 aromatic carbocycles. The fraction of sp³-hybridized carbons (Fsp3) is 0.364. The number of piperidine rings is 1. The van der Waals surface area contributed by atoms with Gasteiger partial charge in [0.25, 0.3) is 0 Å². The Morgan fingerprint density at radius 2 is 2.00 bits per heavy atom. The van der Waals surface area contributed by atoms with Crippen LogP contribution >= 0.6 is 11.6 Å². The maximum Gasteiger partial charge on any atom is 0.413 e. The summed E-state index contributed by atoms with van der Waals surface area (Å²) < 4.78 is 6.86. The number of halogens is 1. The van der Waals surface area contributed by atoms with Crippen LogP contribution in [0.3, 0.4) is 0 Å². The van der Waals surface area contributed by atoms with E-state index in [1.165, 1.54) is 4.68 Å². The first-order valence-corrected chi connectivity index (χ1v) is 11.3. The topological polar surface area (TPSA) is 136 Å². The predicted octanol–water partition coefficient (Wildman–Crippen LogP) is 2.64. The number of rotatable bonds is 6. The summed E-state index contributed by atoms with van der Waals surface area (Å²) in [6.45, 7) is 3.50. The average Bonchev–Trinajstić information content (AvgIpc) is 3.10. The summed E-state index contributed by atoms with van der Waals surface area (Å²) in [4.78, 5) is 33.4. The number of hydrogen-bond donors (Lipinski definition) is 3. The highest BCUT2D eigenvalue weighted by Crippen LogP contribution is 2.49. The van der Waals surface area contributed by atoms with Gasteiger partial charge in [-0.25, -0.2) is 14.5 Å².